The number of hydrogen-bond donors (Lipinski definition) is 2. The molecular weight excluding hydrogens is 288 g/mol. The molecule has 0 fully saturated rings. The zero-order chi connectivity index (χ0) is 15.0. The Bertz CT molecular complexity index is 506. The molecule has 0 saturated carbocycles. The first-order valence-corrected chi connectivity index (χ1v) is 5.92. The molecule has 8 heteroatoms. The van der Waals surface area contributed by atoms with Crippen LogP contribution in [-0.2, 0) is 19.1 Å². The molecule has 2 N–H and O–H groups in total. The minimum atomic E-state index is -0.705. The highest BCUT2D eigenvalue weighted by Gasteiger charge is 2.10. The van der Waals surface area contributed by atoms with Crippen LogP contribution < -0.4 is 15.6 Å². The van der Waals surface area contributed by atoms with Crippen LogP contribution in [0, 0.1) is 0 Å². The molecule has 1 rings (SSSR count). The second-order valence-electron chi connectivity index (χ2n) is 3.57. The van der Waals surface area contributed by atoms with Gasteiger partial charge >= 0.3 is 5.97 Å². The fraction of sp³-hybridized carbons (Fsp3) is 0.250. The molecule has 0 aliphatic rings. The Balaban J connectivity index is 2.29. The number of carbonyl (C=O) groups excluding carboxylic acids is 3. The lowest BCUT2D eigenvalue weighted by atomic mass is 10.3. The minimum absolute atomic E-state index is 0.331. The SMILES string of the molecule is COC(=O)CC(=O)NNC(=O)COc1ccccc1Cl. The predicted octanol–water partition coefficient (Wildman–Crippen LogP) is 0.429. The van der Waals surface area contributed by atoms with E-state index in [2.05, 4.69) is 10.2 Å². The summed E-state index contributed by atoms with van der Waals surface area (Å²) in [5, 5.41) is 0.370. The van der Waals surface area contributed by atoms with Crippen LogP contribution in [0.5, 0.6) is 5.75 Å². The monoisotopic (exact) mass is 300 g/mol. The predicted molar refractivity (Wildman–Crippen MR) is 69.9 cm³/mol. The third-order valence-electron chi connectivity index (χ3n) is 2.07. The van der Waals surface area contributed by atoms with Gasteiger partial charge in [-0.05, 0) is 12.1 Å². The largest absolute Gasteiger partial charge is 0.482 e. The maximum absolute atomic E-state index is 11.4. The number of benzene rings is 1. The summed E-state index contributed by atoms with van der Waals surface area (Å²) < 4.78 is 9.44. The van der Waals surface area contributed by atoms with E-state index in [4.69, 9.17) is 16.3 Å². The summed E-state index contributed by atoms with van der Waals surface area (Å²) in [7, 11) is 1.16. The number of rotatable bonds is 5. The van der Waals surface area contributed by atoms with Crippen molar-refractivity contribution in [2.75, 3.05) is 13.7 Å². The average molecular weight is 301 g/mol. The van der Waals surface area contributed by atoms with E-state index in [-0.39, 0.29) is 6.61 Å². The zero-order valence-corrected chi connectivity index (χ0v) is 11.4. The number of ether oxygens (including phenoxy) is 2. The second-order valence-corrected chi connectivity index (χ2v) is 3.98. The van der Waals surface area contributed by atoms with Gasteiger partial charge in [-0.1, -0.05) is 23.7 Å². The Hall–Kier alpha value is -2.28. The topological polar surface area (TPSA) is 93.7 Å². The van der Waals surface area contributed by atoms with Crippen molar-refractivity contribution >= 4 is 29.4 Å². The van der Waals surface area contributed by atoms with Crippen molar-refractivity contribution in [2.45, 2.75) is 6.42 Å². The molecular formula is C12H13ClN2O5. The number of methoxy groups -OCH3 is 1. The van der Waals surface area contributed by atoms with Gasteiger partial charge in [-0.3, -0.25) is 25.2 Å². The summed E-state index contributed by atoms with van der Waals surface area (Å²) in [5.74, 6) is -1.64. The van der Waals surface area contributed by atoms with E-state index in [1.54, 1.807) is 24.3 Å². The molecule has 0 unspecified atom stereocenters. The number of para-hydroxylation sites is 1. The molecule has 7 nitrogen and oxygen atoms in total. The Morgan fingerprint density at radius 3 is 2.45 bits per heavy atom. The summed E-state index contributed by atoms with van der Waals surface area (Å²) in [6.07, 6.45) is -0.484. The van der Waals surface area contributed by atoms with Crippen molar-refractivity contribution < 1.29 is 23.9 Å². The third-order valence-corrected chi connectivity index (χ3v) is 2.38. The maximum Gasteiger partial charge on any atom is 0.315 e. The molecule has 0 radical (unpaired) electrons. The Morgan fingerprint density at radius 2 is 1.80 bits per heavy atom. The van der Waals surface area contributed by atoms with Gasteiger partial charge in [0.1, 0.15) is 12.2 Å². The average Bonchev–Trinajstić information content (AvgIpc) is 2.44. The van der Waals surface area contributed by atoms with E-state index in [1.165, 1.54) is 0 Å². The van der Waals surface area contributed by atoms with Gasteiger partial charge in [0.05, 0.1) is 12.1 Å². The lowest BCUT2D eigenvalue weighted by Crippen LogP contribution is -2.44. The highest BCUT2D eigenvalue weighted by atomic mass is 35.5. The van der Waals surface area contributed by atoms with Gasteiger partial charge in [-0.25, -0.2) is 0 Å². The van der Waals surface area contributed by atoms with Crippen molar-refractivity contribution in [3.8, 4) is 5.75 Å². The van der Waals surface area contributed by atoms with Crippen molar-refractivity contribution in [3.63, 3.8) is 0 Å². The van der Waals surface area contributed by atoms with Gasteiger partial charge in [0, 0.05) is 0 Å². The van der Waals surface area contributed by atoms with Crippen molar-refractivity contribution in [1.82, 2.24) is 10.9 Å². The zero-order valence-electron chi connectivity index (χ0n) is 10.6. The molecule has 0 spiro atoms. The second kappa shape index (κ2) is 8.00. The lowest BCUT2D eigenvalue weighted by Gasteiger charge is -2.09. The number of nitrogens with one attached hydrogen (secondary N) is 2. The third kappa shape index (κ3) is 5.57. The van der Waals surface area contributed by atoms with Gasteiger partial charge in [0.25, 0.3) is 5.91 Å². The first-order valence-electron chi connectivity index (χ1n) is 5.54. The fourth-order valence-corrected chi connectivity index (χ4v) is 1.32. The molecule has 20 heavy (non-hydrogen) atoms. The van der Waals surface area contributed by atoms with Gasteiger partial charge < -0.3 is 9.47 Å². The number of esters is 1. The first kappa shape index (κ1) is 15.8. The molecule has 0 heterocycles. The van der Waals surface area contributed by atoms with Crippen LogP contribution in [0.1, 0.15) is 6.42 Å². The molecule has 1 aromatic rings. The smallest absolute Gasteiger partial charge is 0.315 e. The summed E-state index contributed by atoms with van der Waals surface area (Å²) in [5.41, 5.74) is 4.13. The number of hydrazine groups is 1. The van der Waals surface area contributed by atoms with Crippen LogP contribution in [0.4, 0.5) is 0 Å². The molecule has 1 aromatic carbocycles. The van der Waals surface area contributed by atoms with E-state index >= 15 is 0 Å². The number of amides is 2. The van der Waals surface area contributed by atoms with Crippen molar-refractivity contribution in [2.24, 2.45) is 0 Å². The molecule has 108 valence electrons. The van der Waals surface area contributed by atoms with Gasteiger partial charge in [-0.15, -0.1) is 0 Å². The van der Waals surface area contributed by atoms with Crippen molar-refractivity contribution in [1.29, 1.82) is 0 Å². The molecule has 0 aromatic heterocycles. The molecule has 0 aliphatic carbocycles. The summed E-state index contributed by atoms with van der Waals surface area (Å²) >= 11 is 5.83. The van der Waals surface area contributed by atoms with Crippen molar-refractivity contribution in [3.05, 3.63) is 29.3 Å². The summed E-state index contributed by atoms with van der Waals surface area (Å²) in [6, 6.07) is 6.65. The number of carbonyl (C=O) groups is 3. The van der Waals surface area contributed by atoms with Crippen LogP contribution in [0.3, 0.4) is 0 Å². The van der Waals surface area contributed by atoms with Crippen LogP contribution in [0.25, 0.3) is 0 Å². The quantitative estimate of drug-likeness (QED) is 0.467. The maximum atomic E-state index is 11.4. The van der Waals surface area contributed by atoms with E-state index in [1.807, 2.05) is 5.43 Å². The number of hydrogen-bond acceptors (Lipinski definition) is 5. The summed E-state index contributed by atoms with van der Waals surface area (Å²) in [4.78, 5) is 33.3. The van der Waals surface area contributed by atoms with Crippen LogP contribution in [0.2, 0.25) is 5.02 Å². The Morgan fingerprint density at radius 1 is 1.15 bits per heavy atom. The molecule has 0 bridgehead atoms. The highest BCUT2D eigenvalue weighted by molar-refractivity contribution is 6.32. The molecule has 0 atom stereocenters. The molecule has 0 aliphatic heterocycles. The lowest BCUT2D eigenvalue weighted by molar-refractivity contribution is -0.144. The van der Waals surface area contributed by atoms with Crippen LogP contribution >= 0.6 is 11.6 Å². The molecule has 0 saturated heterocycles. The molecule has 2 amide bonds. The van der Waals surface area contributed by atoms with E-state index in [0.29, 0.717) is 10.8 Å². The normalized spacial score (nSPS) is 9.50. The first-order chi connectivity index (χ1) is 9.52. The number of halogens is 1. The van der Waals surface area contributed by atoms with Crippen LogP contribution in [0.15, 0.2) is 24.3 Å². The van der Waals surface area contributed by atoms with E-state index < -0.39 is 24.2 Å². The standard InChI is InChI=1S/C12H13ClN2O5/c1-19-12(18)6-10(16)14-15-11(17)7-20-9-5-3-2-4-8(9)13/h2-5H,6-7H2,1H3,(H,14,16)(H,15,17). The van der Waals surface area contributed by atoms with E-state index in [9.17, 15) is 14.4 Å². The Kier molecular flexibility index (Phi) is 6.31. The fourth-order valence-electron chi connectivity index (χ4n) is 1.13. The van der Waals surface area contributed by atoms with Gasteiger partial charge in [0.2, 0.25) is 5.91 Å². The van der Waals surface area contributed by atoms with Gasteiger partial charge in [-0.2, -0.15) is 0 Å². The highest BCUT2D eigenvalue weighted by Crippen LogP contribution is 2.22. The summed E-state index contributed by atoms with van der Waals surface area (Å²) in [6.45, 7) is -0.331. The minimum Gasteiger partial charge on any atom is -0.482 e. The van der Waals surface area contributed by atoms with E-state index in [0.717, 1.165) is 7.11 Å². The Labute approximate surface area is 120 Å². The van der Waals surface area contributed by atoms with Crippen LogP contribution in [-0.4, -0.2) is 31.5 Å². The van der Waals surface area contributed by atoms with Gasteiger partial charge in [0.15, 0.2) is 6.61 Å².